The van der Waals surface area contributed by atoms with E-state index in [-0.39, 0.29) is 5.91 Å². The molecule has 1 aromatic carbocycles. The minimum atomic E-state index is 0.144. The number of nitrogens with zero attached hydrogens (tertiary/aromatic N) is 2. The second kappa shape index (κ2) is 5.35. The molecule has 100 valence electrons. The first-order valence-electron chi connectivity index (χ1n) is 6.35. The van der Waals surface area contributed by atoms with Crippen molar-refractivity contribution in [2.45, 2.75) is 6.54 Å². The summed E-state index contributed by atoms with van der Waals surface area (Å²) in [6.07, 6.45) is 0. The lowest BCUT2D eigenvalue weighted by Gasteiger charge is -2.27. The molecular formula is C14H15BrN2O2. The van der Waals surface area contributed by atoms with Crippen LogP contribution in [0.5, 0.6) is 0 Å². The number of hydrogen-bond donors (Lipinski definition) is 0. The fraction of sp³-hybridized carbons (Fsp3) is 0.357. The van der Waals surface area contributed by atoms with Crippen LogP contribution < -0.4 is 0 Å². The molecule has 1 aliphatic heterocycles. The van der Waals surface area contributed by atoms with Gasteiger partial charge < -0.3 is 14.2 Å². The van der Waals surface area contributed by atoms with Gasteiger partial charge in [0.1, 0.15) is 6.54 Å². The minimum absolute atomic E-state index is 0.144. The Balaban J connectivity index is 1.84. The predicted octanol–water partition coefficient (Wildman–Crippen LogP) is 2.26. The molecular weight excluding hydrogens is 308 g/mol. The maximum absolute atomic E-state index is 12.3. The van der Waals surface area contributed by atoms with Gasteiger partial charge in [-0.1, -0.05) is 18.2 Å². The van der Waals surface area contributed by atoms with Gasteiger partial charge in [-0.25, -0.2) is 0 Å². The summed E-state index contributed by atoms with van der Waals surface area (Å²) in [4.78, 5) is 14.2. The van der Waals surface area contributed by atoms with E-state index in [2.05, 4.69) is 22.0 Å². The first kappa shape index (κ1) is 12.7. The Morgan fingerprint density at radius 3 is 2.79 bits per heavy atom. The molecule has 2 heterocycles. The molecule has 4 nitrogen and oxygen atoms in total. The SMILES string of the molecule is O=C(Cn1c(Br)cc2ccccc21)N1CCOCC1. The summed E-state index contributed by atoms with van der Waals surface area (Å²) in [6, 6.07) is 10.1. The summed E-state index contributed by atoms with van der Waals surface area (Å²) >= 11 is 3.53. The molecule has 1 amide bonds. The van der Waals surface area contributed by atoms with Crippen LogP contribution in [0.2, 0.25) is 0 Å². The van der Waals surface area contributed by atoms with Crippen LogP contribution in [0, 0.1) is 0 Å². The Labute approximate surface area is 120 Å². The number of morpholine rings is 1. The predicted molar refractivity (Wildman–Crippen MR) is 77.0 cm³/mol. The largest absolute Gasteiger partial charge is 0.378 e. The van der Waals surface area contributed by atoms with Crippen molar-refractivity contribution >= 4 is 32.7 Å². The molecule has 1 saturated heterocycles. The van der Waals surface area contributed by atoms with Gasteiger partial charge in [0.25, 0.3) is 0 Å². The highest BCUT2D eigenvalue weighted by molar-refractivity contribution is 9.10. The fourth-order valence-electron chi connectivity index (χ4n) is 2.39. The van der Waals surface area contributed by atoms with E-state index in [0.29, 0.717) is 32.8 Å². The maximum atomic E-state index is 12.3. The third kappa shape index (κ3) is 2.53. The number of aromatic nitrogens is 1. The molecule has 0 N–H and O–H groups in total. The van der Waals surface area contributed by atoms with Crippen LogP contribution in [-0.2, 0) is 16.1 Å². The number of carbonyl (C=O) groups excluding carboxylic acids is 1. The van der Waals surface area contributed by atoms with Gasteiger partial charge in [-0.2, -0.15) is 0 Å². The van der Waals surface area contributed by atoms with Gasteiger partial charge >= 0.3 is 0 Å². The van der Waals surface area contributed by atoms with Crippen molar-refractivity contribution in [1.82, 2.24) is 9.47 Å². The zero-order valence-corrected chi connectivity index (χ0v) is 12.1. The highest BCUT2D eigenvalue weighted by atomic mass is 79.9. The van der Waals surface area contributed by atoms with Crippen molar-refractivity contribution in [3.8, 4) is 0 Å². The van der Waals surface area contributed by atoms with Crippen molar-refractivity contribution in [2.75, 3.05) is 26.3 Å². The van der Waals surface area contributed by atoms with Gasteiger partial charge in [-0.3, -0.25) is 4.79 Å². The van der Waals surface area contributed by atoms with E-state index in [1.54, 1.807) is 0 Å². The van der Waals surface area contributed by atoms with Crippen LogP contribution in [0.4, 0.5) is 0 Å². The second-order valence-corrected chi connectivity index (χ2v) is 5.42. The number of amides is 1. The molecule has 2 aromatic rings. The van der Waals surface area contributed by atoms with Crippen molar-refractivity contribution < 1.29 is 9.53 Å². The summed E-state index contributed by atoms with van der Waals surface area (Å²) in [6.45, 7) is 3.03. The number of halogens is 1. The second-order valence-electron chi connectivity index (χ2n) is 4.61. The molecule has 0 spiro atoms. The van der Waals surface area contributed by atoms with E-state index < -0.39 is 0 Å². The summed E-state index contributed by atoms with van der Waals surface area (Å²) in [5, 5.41) is 1.14. The first-order valence-corrected chi connectivity index (χ1v) is 7.14. The fourth-order valence-corrected chi connectivity index (χ4v) is 2.95. The van der Waals surface area contributed by atoms with Crippen LogP contribution in [0.1, 0.15) is 0 Å². The number of benzene rings is 1. The number of hydrogen-bond acceptors (Lipinski definition) is 2. The van der Waals surface area contributed by atoms with Gasteiger partial charge in [0.15, 0.2) is 0 Å². The molecule has 1 aliphatic rings. The molecule has 3 rings (SSSR count). The Bertz CT molecular complexity index is 603. The summed E-state index contributed by atoms with van der Waals surface area (Å²) in [7, 11) is 0. The maximum Gasteiger partial charge on any atom is 0.242 e. The monoisotopic (exact) mass is 322 g/mol. The third-order valence-electron chi connectivity index (χ3n) is 3.42. The van der Waals surface area contributed by atoms with Crippen molar-refractivity contribution in [3.63, 3.8) is 0 Å². The van der Waals surface area contributed by atoms with Gasteiger partial charge in [0.05, 0.1) is 17.8 Å². The number of ether oxygens (including phenoxy) is 1. The number of carbonyl (C=O) groups is 1. The molecule has 0 unspecified atom stereocenters. The zero-order valence-electron chi connectivity index (χ0n) is 10.5. The Morgan fingerprint density at radius 1 is 1.26 bits per heavy atom. The van der Waals surface area contributed by atoms with E-state index in [1.165, 1.54) is 0 Å². The van der Waals surface area contributed by atoms with Crippen LogP contribution in [-0.4, -0.2) is 41.7 Å². The molecule has 1 fully saturated rings. The molecule has 0 bridgehead atoms. The summed E-state index contributed by atoms with van der Waals surface area (Å²) < 4.78 is 8.22. The van der Waals surface area contributed by atoms with Crippen LogP contribution >= 0.6 is 15.9 Å². The van der Waals surface area contributed by atoms with E-state index in [0.717, 1.165) is 15.5 Å². The lowest BCUT2D eigenvalue weighted by Crippen LogP contribution is -2.42. The highest BCUT2D eigenvalue weighted by Crippen LogP contribution is 2.24. The molecule has 0 atom stereocenters. The molecule has 5 heteroatoms. The normalized spacial score (nSPS) is 15.9. The van der Waals surface area contributed by atoms with Crippen molar-refractivity contribution in [2.24, 2.45) is 0 Å². The molecule has 1 aromatic heterocycles. The van der Waals surface area contributed by atoms with Gasteiger partial charge in [0, 0.05) is 24.0 Å². The van der Waals surface area contributed by atoms with Crippen LogP contribution in [0.15, 0.2) is 34.9 Å². The third-order valence-corrected chi connectivity index (χ3v) is 4.07. The smallest absolute Gasteiger partial charge is 0.242 e. The van der Waals surface area contributed by atoms with E-state index in [9.17, 15) is 4.79 Å². The summed E-state index contributed by atoms with van der Waals surface area (Å²) in [5.74, 6) is 0.144. The molecule has 19 heavy (non-hydrogen) atoms. The number of fused-ring (bicyclic) bond motifs is 1. The molecule has 0 saturated carbocycles. The van der Waals surface area contributed by atoms with Crippen molar-refractivity contribution in [3.05, 3.63) is 34.9 Å². The Kier molecular flexibility index (Phi) is 3.57. The number of rotatable bonds is 2. The summed E-state index contributed by atoms with van der Waals surface area (Å²) in [5.41, 5.74) is 1.08. The topological polar surface area (TPSA) is 34.5 Å². The van der Waals surface area contributed by atoms with Crippen LogP contribution in [0.25, 0.3) is 10.9 Å². The van der Waals surface area contributed by atoms with Crippen LogP contribution in [0.3, 0.4) is 0 Å². The Hall–Kier alpha value is -1.33. The lowest BCUT2D eigenvalue weighted by molar-refractivity contribution is -0.135. The van der Waals surface area contributed by atoms with E-state index >= 15 is 0 Å². The average Bonchev–Trinajstić information content (AvgIpc) is 2.76. The minimum Gasteiger partial charge on any atom is -0.378 e. The molecule has 0 aliphatic carbocycles. The highest BCUT2D eigenvalue weighted by Gasteiger charge is 2.18. The first-order chi connectivity index (χ1) is 9.25. The van der Waals surface area contributed by atoms with Gasteiger partial charge in [-0.05, 0) is 28.1 Å². The standard InChI is InChI=1S/C14H15BrN2O2/c15-13-9-11-3-1-2-4-12(11)17(13)10-14(18)16-5-7-19-8-6-16/h1-4,9H,5-8,10H2. The van der Waals surface area contributed by atoms with E-state index in [4.69, 9.17) is 4.74 Å². The number of para-hydroxylation sites is 1. The quantitative estimate of drug-likeness (QED) is 0.850. The lowest BCUT2D eigenvalue weighted by atomic mass is 10.2. The van der Waals surface area contributed by atoms with Gasteiger partial charge in [-0.15, -0.1) is 0 Å². The average molecular weight is 323 g/mol. The van der Waals surface area contributed by atoms with E-state index in [1.807, 2.05) is 33.7 Å². The van der Waals surface area contributed by atoms with Gasteiger partial charge in [0.2, 0.25) is 5.91 Å². The Morgan fingerprint density at radius 2 is 2.00 bits per heavy atom. The van der Waals surface area contributed by atoms with Crippen molar-refractivity contribution in [1.29, 1.82) is 0 Å². The molecule has 0 radical (unpaired) electrons. The zero-order chi connectivity index (χ0) is 13.2.